The van der Waals surface area contributed by atoms with E-state index in [1.54, 1.807) is 132 Å². The van der Waals surface area contributed by atoms with Crippen molar-refractivity contribution >= 4 is 17.9 Å². The molecule has 28 nitrogen and oxygen atoms in total. The lowest BCUT2D eigenvalue weighted by Crippen LogP contribution is -2.41. The van der Waals surface area contributed by atoms with E-state index >= 15 is 0 Å². The molecule has 1 amide bonds. The van der Waals surface area contributed by atoms with Crippen LogP contribution < -0.4 is 84.7 Å². The van der Waals surface area contributed by atoms with Gasteiger partial charge in [0.25, 0.3) is 16.7 Å². The number of aromatic nitrogens is 8. The molecule has 0 atom stereocenters. The van der Waals surface area contributed by atoms with Gasteiger partial charge in [-0.05, 0) is 185 Å². The number of unbranched alkanes of at least 4 members (excludes halogenated alkanes) is 1. The van der Waals surface area contributed by atoms with Crippen molar-refractivity contribution in [2.75, 3.05) is 55.7 Å². The number of amides is 1. The zero-order chi connectivity index (χ0) is 78.3. The number of ether oxygens (including phenoxy) is 7. The number of alkyl carbamates (subject to hydrolysis) is 1. The van der Waals surface area contributed by atoms with Crippen molar-refractivity contribution in [1.29, 1.82) is 10.8 Å². The number of rotatable bonds is 30. The average molecular weight is 1480 g/mol. The van der Waals surface area contributed by atoms with Crippen LogP contribution in [-0.4, -0.2) is 116 Å². The smallest absolute Gasteiger partial charge is 0.407 e. The highest BCUT2D eigenvalue weighted by Crippen LogP contribution is 2.19. The molecule has 4 heterocycles. The van der Waals surface area contributed by atoms with E-state index in [1.165, 1.54) is 24.4 Å². The second kappa shape index (κ2) is 41.3. The molecule has 0 aliphatic carbocycles. The lowest BCUT2D eigenvalue weighted by molar-refractivity contribution is 0.0527. The Morgan fingerprint density at radius 3 is 0.954 bits per heavy atom. The molecule has 10 aromatic rings. The molecule has 4 aromatic heterocycles. The normalized spacial score (nSPS) is 10.8. The van der Waals surface area contributed by atoms with Crippen LogP contribution in [0.25, 0.3) is 0 Å². The Bertz CT molecular complexity index is 4910. The van der Waals surface area contributed by atoms with E-state index in [2.05, 4.69) is 10.4 Å². The van der Waals surface area contributed by atoms with Crippen LogP contribution in [0.4, 0.5) is 4.79 Å². The number of hydrogen-bond donors (Lipinski definition) is 6. The second-order valence-corrected chi connectivity index (χ2v) is 25.9. The van der Waals surface area contributed by atoms with Gasteiger partial charge in [0.05, 0.1) is 87.8 Å². The minimum atomic E-state index is -0.586. The molecule has 0 unspecified atom stereocenters. The number of nitrogens with one attached hydrogen (secondary N) is 3. The van der Waals surface area contributed by atoms with Crippen molar-refractivity contribution in [2.24, 2.45) is 17.2 Å². The summed E-state index contributed by atoms with van der Waals surface area (Å²) in [6.07, 6.45) is 7.41. The molecule has 6 aromatic carbocycles. The third kappa shape index (κ3) is 25.4. The summed E-state index contributed by atoms with van der Waals surface area (Å²) >= 11 is 0. The zero-order valence-electron chi connectivity index (χ0n) is 62.7. The van der Waals surface area contributed by atoms with Gasteiger partial charge in [0.1, 0.15) is 40.1 Å². The molecule has 9 N–H and O–H groups in total. The van der Waals surface area contributed by atoms with E-state index in [4.69, 9.17) is 61.2 Å². The summed E-state index contributed by atoms with van der Waals surface area (Å²) in [6, 6.07) is 50.6. The Labute approximate surface area is 626 Å². The van der Waals surface area contributed by atoms with Crippen molar-refractivity contribution < 1.29 is 38.0 Å². The molecule has 28 heteroatoms. The Kier molecular flexibility index (Phi) is 31.7. The summed E-state index contributed by atoms with van der Waals surface area (Å²) in [4.78, 5) is 90.8. The van der Waals surface area contributed by atoms with E-state index in [0.29, 0.717) is 106 Å². The van der Waals surface area contributed by atoms with Crippen LogP contribution in [0.3, 0.4) is 0 Å². The fourth-order valence-electron chi connectivity index (χ4n) is 11.1. The Balaban J connectivity index is 0.000000215. The van der Waals surface area contributed by atoms with E-state index < -0.39 is 17.4 Å². The predicted octanol–water partition coefficient (Wildman–Crippen LogP) is 7.99. The summed E-state index contributed by atoms with van der Waals surface area (Å²) < 4.78 is 46.4. The number of nitrogen functional groups attached to an aromatic ring is 1. The summed E-state index contributed by atoms with van der Waals surface area (Å²) in [7, 11) is 9.58. The Morgan fingerprint density at radius 2 is 0.713 bits per heavy atom. The molecule has 0 aliphatic heterocycles. The predicted molar refractivity (Wildman–Crippen MR) is 416 cm³/mol. The molecule has 0 saturated carbocycles. The minimum absolute atomic E-state index is 0.0602. The maximum Gasteiger partial charge on any atom is 0.407 e. The van der Waals surface area contributed by atoms with Gasteiger partial charge in [-0.15, -0.1) is 0 Å². The van der Waals surface area contributed by atoms with Crippen molar-refractivity contribution in [3.05, 3.63) is 295 Å². The van der Waals surface area contributed by atoms with Crippen LogP contribution in [0, 0.1) is 10.8 Å². The molecular weight excluding hydrogens is 1380 g/mol. The van der Waals surface area contributed by atoms with Gasteiger partial charge >= 0.3 is 23.2 Å². The number of amidine groups is 1. The quantitative estimate of drug-likeness (QED) is 0.0141. The SMILES string of the molecule is COc1ccc(Cn2c(CCCCC(=N)N)cc(=O)n(Cc3ccc(OC)cc3)c2=O)cc1.COc1ccc(Cn2c(CCCN)cc(=O)n(Cc3ccc(OC)cc3)c2=O)cc1.COc1ccc(Cn2c(CCCNC(=O)OC(C)(C)C)cc(=O)n(Cc3ccc(OC)cc3)c2=O)cc1.N=C(N)n1cccn1. The Hall–Kier alpha value is -12.5. The number of hydrogen-bond acceptors (Lipinski definition) is 18. The zero-order valence-corrected chi connectivity index (χ0v) is 62.7. The summed E-state index contributed by atoms with van der Waals surface area (Å²) in [5.74, 6) is 4.41. The van der Waals surface area contributed by atoms with E-state index in [-0.39, 0.29) is 59.5 Å². The van der Waals surface area contributed by atoms with Gasteiger partial charge in [-0.2, -0.15) is 5.10 Å². The molecular formula is C80H98N14O14. The number of nitrogens with two attached hydrogens (primary N) is 3. The molecule has 0 saturated heterocycles. The molecule has 0 fully saturated rings. The van der Waals surface area contributed by atoms with E-state index in [9.17, 15) is 33.6 Å². The van der Waals surface area contributed by atoms with Crippen LogP contribution in [0.1, 0.15) is 103 Å². The third-order valence-electron chi connectivity index (χ3n) is 16.9. The fraction of sp³-hybridized carbons (Fsp3) is 0.325. The van der Waals surface area contributed by atoms with E-state index in [1.807, 2.05) is 121 Å². The second-order valence-electron chi connectivity index (χ2n) is 25.9. The average Bonchev–Trinajstić information content (AvgIpc) is 0.883. The number of carbonyl (C=O) groups excluding carboxylic acids is 1. The molecule has 572 valence electrons. The summed E-state index contributed by atoms with van der Waals surface area (Å²) in [5.41, 5.74) is 20.7. The summed E-state index contributed by atoms with van der Waals surface area (Å²) in [5, 5.41) is 20.6. The molecule has 0 radical (unpaired) electrons. The van der Waals surface area contributed by atoms with E-state index in [0.717, 1.165) is 63.5 Å². The maximum absolute atomic E-state index is 13.5. The number of aryl methyl sites for hydroxylation is 3. The highest BCUT2D eigenvalue weighted by Gasteiger charge is 2.19. The maximum atomic E-state index is 13.5. The van der Waals surface area contributed by atoms with Gasteiger partial charge in [-0.1, -0.05) is 72.8 Å². The lowest BCUT2D eigenvalue weighted by atomic mass is 10.1. The molecule has 10 rings (SSSR count). The van der Waals surface area contributed by atoms with Gasteiger partial charge in [0, 0.05) is 60.6 Å². The highest BCUT2D eigenvalue weighted by atomic mass is 16.6. The first kappa shape index (κ1) is 82.8. The number of nitrogens with zero attached hydrogens (tertiary/aromatic N) is 8. The first-order valence-electron chi connectivity index (χ1n) is 35.0. The molecule has 0 bridgehead atoms. The molecule has 108 heavy (non-hydrogen) atoms. The molecule has 0 spiro atoms. The first-order chi connectivity index (χ1) is 51.8. The minimum Gasteiger partial charge on any atom is -0.497 e. The van der Waals surface area contributed by atoms with Gasteiger partial charge in [-0.3, -0.25) is 52.6 Å². The first-order valence-corrected chi connectivity index (χ1v) is 35.0. The number of carbonyl (C=O) groups is 1. The van der Waals surface area contributed by atoms with Gasteiger partial charge < -0.3 is 55.7 Å². The number of methoxy groups -OCH3 is 6. The van der Waals surface area contributed by atoms with Crippen LogP contribution in [0.5, 0.6) is 34.5 Å². The molecule has 0 aliphatic rings. The Morgan fingerprint density at radius 1 is 0.426 bits per heavy atom. The van der Waals surface area contributed by atoms with Gasteiger partial charge in [0.15, 0.2) is 0 Å². The lowest BCUT2D eigenvalue weighted by Gasteiger charge is -2.20. The largest absolute Gasteiger partial charge is 0.497 e. The fourth-order valence-corrected chi connectivity index (χ4v) is 11.1. The third-order valence-corrected chi connectivity index (χ3v) is 16.9. The van der Waals surface area contributed by atoms with Crippen molar-refractivity contribution in [2.45, 2.75) is 117 Å². The van der Waals surface area contributed by atoms with Crippen LogP contribution in [-0.2, 0) is 63.3 Å². The number of benzene rings is 6. The van der Waals surface area contributed by atoms with Gasteiger partial charge in [-0.25, -0.2) is 23.9 Å². The van der Waals surface area contributed by atoms with Crippen LogP contribution in [0.2, 0.25) is 0 Å². The van der Waals surface area contributed by atoms with Crippen molar-refractivity contribution in [3.63, 3.8) is 0 Å². The monoisotopic (exact) mass is 1480 g/mol. The highest BCUT2D eigenvalue weighted by molar-refractivity contribution is 5.76. The standard InChI is InChI=1S/C28H35N3O6.C25H30N4O4.C23H27N3O4.C4H6N4/c1-28(2,3)37-26(33)29-16-6-7-22-17-25(32)31(19-21-10-14-24(36-5)15-11-21)27(34)30(22)18-20-8-12-23(35-4)13-9-20;1-32-21-11-7-18(8-12-21)16-28-20(5-3-4-6-23(26)27)15-24(30)29(25(28)31)17-19-9-13-22(33-2)14-10-19;1-29-20-9-5-17(6-10-20)15-25-19(4-3-13-24)14-22(27)26(23(25)28)16-18-7-11-21(30-2)12-8-18;5-4(6)8-3-1-2-7-8/h8-15,17H,6-7,16,18-19H2,1-5H3,(H,29,33);7-15H,3-6,16-17H2,1-2H3,(H3,26,27);5-12,14H,3-4,13,15-16,24H2,1-2H3;1-3H,(H3,5,6). The van der Waals surface area contributed by atoms with Gasteiger partial charge in [0.2, 0.25) is 5.96 Å². The van der Waals surface area contributed by atoms with Crippen LogP contribution >= 0.6 is 0 Å². The van der Waals surface area contributed by atoms with Crippen LogP contribution in [0.15, 0.2) is 211 Å². The topological polar surface area (TPSA) is 369 Å². The summed E-state index contributed by atoms with van der Waals surface area (Å²) in [6.45, 7) is 7.75. The van der Waals surface area contributed by atoms with Crippen molar-refractivity contribution in [1.82, 2.24) is 42.5 Å². The van der Waals surface area contributed by atoms with Crippen molar-refractivity contribution in [3.8, 4) is 34.5 Å².